The van der Waals surface area contributed by atoms with Gasteiger partial charge in [-0.3, -0.25) is 4.79 Å². The quantitative estimate of drug-likeness (QED) is 0.767. The smallest absolute Gasteiger partial charge is 0.303 e. The van der Waals surface area contributed by atoms with E-state index in [0.717, 1.165) is 18.4 Å². The van der Waals surface area contributed by atoms with Crippen LogP contribution in [-0.2, 0) is 16.0 Å². The predicted octanol–water partition coefficient (Wildman–Crippen LogP) is 4.02. The highest BCUT2D eigenvalue weighted by molar-refractivity contribution is 5.66. The molecule has 0 amide bonds. The molecule has 2 atom stereocenters. The van der Waals surface area contributed by atoms with Gasteiger partial charge in [0.25, 0.3) is 0 Å². The summed E-state index contributed by atoms with van der Waals surface area (Å²) in [7, 11) is 0. The van der Waals surface area contributed by atoms with Gasteiger partial charge < -0.3 is 4.74 Å². The first-order chi connectivity index (χ1) is 9.75. The van der Waals surface area contributed by atoms with Gasteiger partial charge in [0.05, 0.1) is 0 Å². The number of rotatable bonds is 2. The normalized spacial score (nSPS) is 21.1. The molecule has 0 radical (unpaired) electrons. The summed E-state index contributed by atoms with van der Waals surface area (Å²) in [5.41, 5.74) is 3.70. The highest BCUT2D eigenvalue weighted by atomic mass is 16.5. The Morgan fingerprint density at radius 3 is 2.50 bits per heavy atom. The van der Waals surface area contributed by atoms with E-state index in [2.05, 4.69) is 24.3 Å². The van der Waals surface area contributed by atoms with Crippen LogP contribution in [0, 0.1) is 0 Å². The summed E-state index contributed by atoms with van der Waals surface area (Å²) in [5.74, 6) is 0.0302. The van der Waals surface area contributed by atoms with Crippen molar-refractivity contribution < 1.29 is 9.53 Å². The maximum absolute atomic E-state index is 11.5. The van der Waals surface area contributed by atoms with Gasteiger partial charge in [0.15, 0.2) is 0 Å². The molecule has 0 saturated heterocycles. The Bertz CT molecular complexity index is 604. The minimum absolute atomic E-state index is 0.167. The van der Waals surface area contributed by atoms with E-state index in [1.807, 2.05) is 30.3 Å². The molecular weight excluding hydrogens is 248 g/mol. The van der Waals surface area contributed by atoms with E-state index in [4.69, 9.17) is 4.74 Å². The Morgan fingerprint density at radius 1 is 1.05 bits per heavy atom. The topological polar surface area (TPSA) is 26.3 Å². The van der Waals surface area contributed by atoms with Crippen molar-refractivity contribution in [2.24, 2.45) is 0 Å². The van der Waals surface area contributed by atoms with Crippen molar-refractivity contribution >= 4 is 5.97 Å². The van der Waals surface area contributed by atoms with Crippen LogP contribution in [-0.4, -0.2) is 5.97 Å². The van der Waals surface area contributed by atoms with Crippen LogP contribution in [0.1, 0.15) is 42.1 Å². The Hall–Kier alpha value is -2.09. The zero-order valence-corrected chi connectivity index (χ0v) is 11.6. The zero-order valence-electron chi connectivity index (χ0n) is 11.6. The fraction of sp³-hybridized carbons (Fsp3) is 0.278. The lowest BCUT2D eigenvalue weighted by Gasteiger charge is -2.33. The van der Waals surface area contributed by atoms with Crippen molar-refractivity contribution in [3.05, 3.63) is 71.3 Å². The van der Waals surface area contributed by atoms with Gasteiger partial charge in [0, 0.05) is 12.8 Å². The lowest BCUT2D eigenvalue weighted by molar-refractivity contribution is -0.148. The van der Waals surface area contributed by atoms with Crippen molar-refractivity contribution in [3.63, 3.8) is 0 Å². The molecule has 0 unspecified atom stereocenters. The molecule has 0 heterocycles. The van der Waals surface area contributed by atoms with Crippen LogP contribution in [0.3, 0.4) is 0 Å². The van der Waals surface area contributed by atoms with E-state index in [0.29, 0.717) is 0 Å². The first-order valence-electron chi connectivity index (χ1n) is 7.05. The Balaban J connectivity index is 2.01. The van der Waals surface area contributed by atoms with Gasteiger partial charge in [0.2, 0.25) is 0 Å². The summed E-state index contributed by atoms with van der Waals surface area (Å²) >= 11 is 0. The third-order valence-electron chi connectivity index (χ3n) is 3.97. The molecule has 0 aliphatic heterocycles. The lowest BCUT2D eigenvalue weighted by atomic mass is 9.78. The number of aryl methyl sites for hydroxylation is 1. The molecule has 0 bridgehead atoms. The molecule has 0 spiro atoms. The standard InChI is InChI=1S/C18H18O2/c1-13(19)20-18-16-10-6-5-9-15(16)11-12-17(18)14-7-3-2-4-8-14/h2-10,17-18H,11-12H2,1H3/t17-,18+/m1/s1. The predicted molar refractivity (Wildman–Crippen MR) is 78.5 cm³/mol. The van der Waals surface area contributed by atoms with Gasteiger partial charge in [0.1, 0.15) is 6.10 Å². The molecular formula is C18H18O2. The molecule has 102 valence electrons. The molecule has 2 nitrogen and oxygen atoms in total. The van der Waals surface area contributed by atoms with Crippen LogP contribution in [0.15, 0.2) is 54.6 Å². The second-order valence-corrected chi connectivity index (χ2v) is 5.28. The van der Waals surface area contributed by atoms with Gasteiger partial charge in [-0.2, -0.15) is 0 Å². The molecule has 3 rings (SSSR count). The summed E-state index contributed by atoms with van der Waals surface area (Å²) < 4.78 is 5.65. The van der Waals surface area contributed by atoms with Crippen molar-refractivity contribution in [3.8, 4) is 0 Å². The number of hydrogen-bond donors (Lipinski definition) is 0. The lowest BCUT2D eigenvalue weighted by Crippen LogP contribution is -2.23. The summed E-state index contributed by atoms with van der Waals surface area (Å²) in [5, 5.41) is 0. The van der Waals surface area contributed by atoms with Gasteiger partial charge in [-0.1, -0.05) is 54.6 Å². The first-order valence-corrected chi connectivity index (χ1v) is 7.05. The average Bonchev–Trinajstić information content (AvgIpc) is 2.48. The molecule has 20 heavy (non-hydrogen) atoms. The van der Waals surface area contributed by atoms with E-state index in [9.17, 15) is 4.79 Å². The van der Waals surface area contributed by atoms with Crippen molar-refractivity contribution in [2.75, 3.05) is 0 Å². The Kier molecular flexibility index (Phi) is 3.55. The Labute approximate surface area is 119 Å². The molecule has 0 N–H and O–H groups in total. The molecule has 0 fully saturated rings. The third-order valence-corrected chi connectivity index (χ3v) is 3.97. The van der Waals surface area contributed by atoms with Crippen LogP contribution in [0.25, 0.3) is 0 Å². The maximum Gasteiger partial charge on any atom is 0.303 e. The van der Waals surface area contributed by atoms with Crippen molar-refractivity contribution in [1.82, 2.24) is 0 Å². The van der Waals surface area contributed by atoms with Gasteiger partial charge in [-0.15, -0.1) is 0 Å². The first kappa shape index (κ1) is 12.9. The molecule has 1 aliphatic rings. The highest BCUT2D eigenvalue weighted by Gasteiger charge is 2.32. The largest absolute Gasteiger partial charge is 0.457 e. The summed E-state index contributed by atoms with van der Waals surface area (Å²) in [6.07, 6.45) is 1.88. The average molecular weight is 266 g/mol. The summed E-state index contributed by atoms with van der Waals surface area (Å²) in [6.45, 7) is 1.49. The van der Waals surface area contributed by atoms with E-state index >= 15 is 0 Å². The van der Waals surface area contributed by atoms with Gasteiger partial charge in [-0.25, -0.2) is 0 Å². The fourth-order valence-electron chi connectivity index (χ4n) is 3.08. The van der Waals surface area contributed by atoms with Gasteiger partial charge in [-0.05, 0) is 29.5 Å². The number of hydrogen-bond acceptors (Lipinski definition) is 2. The number of ether oxygens (including phenoxy) is 1. The monoisotopic (exact) mass is 266 g/mol. The summed E-state index contributed by atoms with van der Waals surface area (Å²) in [6, 6.07) is 18.6. The van der Waals surface area contributed by atoms with Crippen LogP contribution >= 0.6 is 0 Å². The zero-order chi connectivity index (χ0) is 13.9. The fourth-order valence-corrected chi connectivity index (χ4v) is 3.08. The molecule has 0 saturated carbocycles. The van der Waals surface area contributed by atoms with Crippen molar-refractivity contribution in [1.29, 1.82) is 0 Å². The SMILES string of the molecule is CC(=O)O[C@H]1c2ccccc2CC[C@@H]1c1ccccc1. The molecule has 0 aromatic heterocycles. The van der Waals surface area contributed by atoms with Crippen LogP contribution in [0.2, 0.25) is 0 Å². The molecule has 2 heteroatoms. The molecule has 1 aliphatic carbocycles. The van der Waals surface area contributed by atoms with Crippen molar-refractivity contribution in [2.45, 2.75) is 31.8 Å². The third kappa shape index (κ3) is 2.46. The van der Waals surface area contributed by atoms with E-state index < -0.39 is 0 Å². The minimum Gasteiger partial charge on any atom is -0.457 e. The van der Waals surface area contributed by atoms with E-state index in [1.54, 1.807) is 0 Å². The minimum atomic E-state index is -0.215. The summed E-state index contributed by atoms with van der Waals surface area (Å²) in [4.78, 5) is 11.5. The number of carbonyl (C=O) groups excluding carboxylic acids is 1. The second kappa shape index (κ2) is 5.49. The maximum atomic E-state index is 11.5. The van der Waals surface area contributed by atoms with Crippen LogP contribution in [0.4, 0.5) is 0 Å². The Morgan fingerprint density at radius 2 is 1.75 bits per heavy atom. The number of carbonyl (C=O) groups is 1. The number of fused-ring (bicyclic) bond motifs is 1. The molecule has 2 aromatic carbocycles. The van der Waals surface area contributed by atoms with E-state index in [-0.39, 0.29) is 18.0 Å². The van der Waals surface area contributed by atoms with Crippen LogP contribution in [0.5, 0.6) is 0 Å². The number of esters is 1. The molecule has 2 aromatic rings. The van der Waals surface area contributed by atoms with Gasteiger partial charge >= 0.3 is 5.97 Å². The van der Waals surface area contributed by atoms with E-state index in [1.165, 1.54) is 18.1 Å². The highest BCUT2D eigenvalue weighted by Crippen LogP contribution is 2.43. The van der Waals surface area contributed by atoms with Crippen LogP contribution < -0.4 is 0 Å². The second-order valence-electron chi connectivity index (χ2n) is 5.28. The number of benzene rings is 2.